The van der Waals surface area contributed by atoms with E-state index in [-0.39, 0.29) is 40.3 Å². The number of nitrogen functional groups attached to an aromatic ring is 1. The fourth-order valence-corrected chi connectivity index (χ4v) is 8.33. The predicted octanol–water partition coefficient (Wildman–Crippen LogP) is 7.41. The highest BCUT2D eigenvalue weighted by Crippen LogP contribution is 2.50. The lowest BCUT2D eigenvalue weighted by Crippen LogP contribution is -2.51. The van der Waals surface area contributed by atoms with Crippen LogP contribution in [0.5, 0.6) is 0 Å². The highest BCUT2D eigenvalue weighted by molar-refractivity contribution is 5.90. The number of aryl methyl sites for hydroxylation is 1. The molecule has 7 rings (SSSR count). The average Bonchev–Trinajstić information content (AvgIpc) is 3.70. The Hall–Kier alpha value is -3.22. The summed E-state index contributed by atoms with van der Waals surface area (Å²) in [6.07, 6.45) is 1.95. The van der Waals surface area contributed by atoms with Gasteiger partial charge in [-0.15, -0.1) is 0 Å². The predicted molar refractivity (Wildman–Crippen MR) is 179 cm³/mol. The van der Waals surface area contributed by atoms with Crippen LogP contribution in [0.1, 0.15) is 97.1 Å². The summed E-state index contributed by atoms with van der Waals surface area (Å²) in [5.74, 6) is 0.721. The number of benzene rings is 1. The molecule has 1 aromatic carbocycles. The van der Waals surface area contributed by atoms with Gasteiger partial charge in [-0.1, -0.05) is 26.8 Å². The molecule has 0 radical (unpaired) electrons. The molecule has 4 atom stereocenters. The summed E-state index contributed by atoms with van der Waals surface area (Å²) in [7, 11) is 0. The van der Waals surface area contributed by atoms with Gasteiger partial charge >= 0.3 is 6.18 Å². The molecule has 1 aliphatic heterocycles. The van der Waals surface area contributed by atoms with Crippen molar-refractivity contribution in [2.45, 2.75) is 128 Å². The van der Waals surface area contributed by atoms with Crippen molar-refractivity contribution in [2.75, 3.05) is 12.3 Å². The Balaban J connectivity index is 1.04. The van der Waals surface area contributed by atoms with Crippen LogP contribution in [0.15, 0.2) is 30.7 Å². The van der Waals surface area contributed by atoms with Crippen LogP contribution in [0.4, 0.5) is 19.0 Å². The molecule has 3 aliphatic rings. The molecule has 0 bridgehead atoms. The molecular weight excluding hydrogens is 619 g/mol. The Morgan fingerprint density at radius 1 is 1.08 bits per heavy atom. The van der Waals surface area contributed by atoms with Crippen molar-refractivity contribution in [1.82, 2.24) is 29.4 Å². The summed E-state index contributed by atoms with van der Waals surface area (Å²) >= 11 is 0. The summed E-state index contributed by atoms with van der Waals surface area (Å²) in [4.78, 5) is 19.1. The number of ether oxygens (including phenoxy) is 2. The molecule has 4 heterocycles. The minimum absolute atomic E-state index is 0.0720. The van der Waals surface area contributed by atoms with E-state index in [9.17, 15) is 13.2 Å². The Morgan fingerprint density at radius 2 is 1.81 bits per heavy atom. The molecule has 9 nitrogen and oxygen atoms in total. The first-order valence-corrected chi connectivity index (χ1v) is 17.3. The molecule has 260 valence electrons. The number of alkyl halides is 3. The lowest BCUT2D eigenvalue weighted by molar-refractivity contribution is -0.162. The number of hydrogen-bond donors (Lipinski definition) is 2. The maximum absolute atomic E-state index is 14.2. The van der Waals surface area contributed by atoms with E-state index in [1.54, 1.807) is 4.57 Å². The largest absolute Gasteiger partial charge is 0.418 e. The van der Waals surface area contributed by atoms with Crippen molar-refractivity contribution in [2.24, 2.45) is 11.8 Å². The number of nitrogens with one attached hydrogen (secondary N) is 1. The highest BCUT2D eigenvalue weighted by atomic mass is 19.4. The van der Waals surface area contributed by atoms with Crippen molar-refractivity contribution in [1.29, 1.82) is 0 Å². The van der Waals surface area contributed by atoms with E-state index in [0.29, 0.717) is 24.4 Å². The van der Waals surface area contributed by atoms with Gasteiger partial charge in [-0.2, -0.15) is 13.2 Å². The van der Waals surface area contributed by atoms with Gasteiger partial charge in [0, 0.05) is 37.2 Å². The number of halogens is 3. The standard InChI is InChI=1S/C36H48F3N7O2/c1-19(2)45(23-12-20(13-23)8-11-28-43-25-10-9-22(34(3,4)5)15-26(25)44-28)16-21-14-27(31-30(21)47-35(6,7)48-31)46-17-24(36(37,38)39)29-32(40)41-18-42-33(29)46/h9-10,15,17-21,23,27,30-31H,8,11-14,16H2,1-7H3,(H,43,44)(H2,40,41,42)/t20?,21-,23?,27-,30-,31+/m1/s1. The number of nitrogens with zero attached hydrogens (tertiary/aromatic N) is 5. The number of imidazole rings is 1. The van der Waals surface area contributed by atoms with Gasteiger partial charge in [-0.05, 0) is 82.4 Å². The van der Waals surface area contributed by atoms with Crippen molar-refractivity contribution >= 4 is 27.9 Å². The van der Waals surface area contributed by atoms with E-state index < -0.39 is 23.6 Å². The Labute approximate surface area is 279 Å². The van der Waals surface area contributed by atoms with Gasteiger partial charge < -0.3 is 24.8 Å². The molecule has 12 heteroatoms. The second kappa shape index (κ2) is 11.7. The molecule has 0 amide bonds. The zero-order chi connectivity index (χ0) is 34.3. The highest BCUT2D eigenvalue weighted by Gasteiger charge is 2.56. The van der Waals surface area contributed by atoms with Crippen LogP contribution in [0, 0.1) is 11.8 Å². The van der Waals surface area contributed by atoms with Crippen LogP contribution in [-0.4, -0.2) is 66.0 Å². The van der Waals surface area contributed by atoms with Crippen molar-refractivity contribution in [3.63, 3.8) is 0 Å². The van der Waals surface area contributed by atoms with Gasteiger partial charge in [-0.3, -0.25) is 4.90 Å². The summed E-state index contributed by atoms with van der Waals surface area (Å²) in [6, 6.07) is 6.90. The fraction of sp³-hybridized carbons (Fsp3) is 0.639. The minimum atomic E-state index is -4.60. The quantitative estimate of drug-likeness (QED) is 0.202. The van der Waals surface area contributed by atoms with Crippen molar-refractivity contribution in [3.8, 4) is 0 Å². The Kier molecular flexibility index (Phi) is 8.11. The van der Waals surface area contributed by atoms with E-state index >= 15 is 0 Å². The Morgan fingerprint density at radius 3 is 2.50 bits per heavy atom. The molecular formula is C36H48F3N7O2. The summed E-state index contributed by atoms with van der Waals surface area (Å²) in [6.45, 7) is 15.6. The summed E-state index contributed by atoms with van der Waals surface area (Å²) in [5, 5.41) is -0.162. The van der Waals surface area contributed by atoms with Crippen LogP contribution in [0.2, 0.25) is 0 Å². The summed E-state index contributed by atoms with van der Waals surface area (Å²) < 4.78 is 56.9. The molecule has 0 unspecified atom stereocenters. The second-order valence-corrected chi connectivity index (χ2v) is 16.0. The maximum atomic E-state index is 14.2. The SMILES string of the molecule is CC(C)N(C[C@H]1C[C@@H](n2cc(C(F)(F)F)c3c(N)ncnc32)[C@@H]2OC(C)(C)O[C@H]12)C1CC(CCc2nc3cc(C(C)(C)C)ccc3[nH]2)C1. The first-order valence-electron chi connectivity index (χ1n) is 17.3. The average molecular weight is 668 g/mol. The van der Waals surface area contributed by atoms with Gasteiger partial charge in [0.25, 0.3) is 0 Å². The van der Waals surface area contributed by atoms with Crippen LogP contribution >= 0.6 is 0 Å². The fourth-order valence-electron chi connectivity index (χ4n) is 8.33. The zero-order valence-electron chi connectivity index (χ0n) is 28.9. The molecule has 2 aliphatic carbocycles. The molecule has 48 heavy (non-hydrogen) atoms. The van der Waals surface area contributed by atoms with E-state index in [2.05, 4.69) is 72.7 Å². The minimum Gasteiger partial charge on any atom is -0.383 e. The van der Waals surface area contributed by atoms with E-state index in [4.69, 9.17) is 20.2 Å². The molecule has 3 aromatic heterocycles. The van der Waals surface area contributed by atoms with Crippen LogP contribution < -0.4 is 5.73 Å². The number of aromatic amines is 1. The number of fused-ring (bicyclic) bond motifs is 3. The van der Waals surface area contributed by atoms with Crippen LogP contribution in [0.25, 0.3) is 22.1 Å². The lowest BCUT2D eigenvalue weighted by atomic mass is 9.76. The molecule has 2 saturated carbocycles. The topological polar surface area (TPSA) is 107 Å². The maximum Gasteiger partial charge on any atom is 0.418 e. The number of rotatable bonds is 8. The Bertz CT molecular complexity index is 1800. The molecule has 0 spiro atoms. The lowest BCUT2D eigenvalue weighted by Gasteiger charge is -2.46. The van der Waals surface area contributed by atoms with Gasteiger partial charge in [0.2, 0.25) is 0 Å². The third kappa shape index (κ3) is 6.08. The van der Waals surface area contributed by atoms with Crippen LogP contribution in [0.3, 0.4) is 0 Å². The molecule has 4 aromatic rings. The number of nitrogens with two attached hydrogens (primary N) is 1. The number of aromatic nitrogens is 5. The third-order valence-electron chi connectivity index (χ3n) is 10.8. The first-order chi connectivity index (χ1) is 22.5. The van der Waals surface area contributed by atoms with Crippen LogP contribution in [-0.2, 0) is 27.5 Å². The van der Waals surface area contributed by atoms with Crippen molar-refractivity contribution < 1.29 is 22.6 Å². The molecule has 1 saturated heterocycles. The van der Waals surface area contributed by atoms with E-state index in [1.165, 1.54) is 11.9 Å². The third-order valence-corrected chi connectivity index (χ3v) is 10.8. The second-order valence-electron chi connectivity index (χ2n) is 16.0. The van der Waals surface area contributed by atoms with Gasteiger partial charge in [0.15, 0.2) is 5.79 Å². The van der Waals surface area contributed by atoms with Gasteiger partial charge in [0.1, 0.15) is 29.7 Å². The number of H-pyrrole nitrogens is 1. The van der Waals surface area contributed by atoms with Gasteiger partial charge in [0.05, 0.1) is 34.1 Å². The van der Waals surface area contributed by atoms with Gasteiger partial charge in [-0.25, -0.2) is 15.0 Å². The zero-order valence-corrected chi connectivity index (χ0v) is 28.9. The smallest absolute Gasteiger partial charge is 0.383 e. The first kappa shape index (κ1) is 33.3. The number of hydrogen-bond acceptors (Lipinski definition) is 7. The molecule has 3 N–H and O–H groups in total. The normalized spacial score (nSPS) is 27.4. The van der Waals surface area contributed by atoms with E-state index in [0.717, 1.165) is 55.3 Å². The van der Waals surface area contributed by atoms with Crippen molar-refractivity contribution in [3.05, 3.63) is 47.7 Å². The van der Waals surface area contributed by atoms with E-state index in [1.807, 2.05) is 13.8 Å². The monoisotopic (exact) mass is 667 g/mol. The summed E-state index contributed by atoms with van der Waals surface area (Å²) in [5.41, 5.74) is 8.81. The molecule has 3 fully saturated rings. The number of anilines is 1.